The standard InChI is InChI=1S/C14H19NO2/c1-2-17-14(16)12-8-7-11(9-13(12)15)10-5-3-4-6-10/h7-10H,2-6,15H2,1H3. The zero-order chi connectivity index (χ0) is 12.3. The molecule has 1 aromatic rings. The van der Waals surface area contributed by atoms with Gasteiger partial charge in [-0.2, -0.15) is 0 Å². The van der Waals surface area contributed by atoms with Crippen LogP contribution in [0, 0.1) is 0 Å². The number of hydrogen-bond acceptors (Lipinski definition) is 3. The van der Waals surface area contributed by atoms with Gasteiger partial charge in [0.15, 0.2) is 0 Å². The summed E-state index contributed by atoms with van der Waals surface area (Å²) in [6.07, 6.45) is 5.06. The van der Waals surface area contributed by atoms with Gasteiger partial charge in [0.2, 0.25) is 0 Å². The lowest BCUT2D eigenvalue weighted by molar-refractivity contribution is 0.0527. The first-order chi connectivity index (χ1) is 8.22. The fraction of sp³-hybridized carbons (Fsp3) is 0.500. The first kappa shape index (κ1) is 12.0. The Morgan fingerprint density at radius 2 is 2.12 bits per heavy atom. The van der Waals surface area contributed by atoms with Gasteiger partial charge in [-0.15, -0.1) is 0 Å². The van der Waals surface area contributed by atoms with Crippen LogP contribution in [0.25, 0.3) is 0 Å². The highest BCUT2D eigenvalue weighted by atomic mass is 16.5. The number of rotatable bonds is 3. The van der Waals surface area contributed by atoms with Gasteiger partial charge in [-0.05, 0) is 43.4 Å². The molecule has 0 amide bonds. The molecule has 0 bridgehead atoms. The maximum absolute atomic E-state index is 11.6. The number of carbonyl (C=O) groups excluding carboxylic acids is 1. The highest BCUT2D eigenvalue weighted by Crippen LogP contribution is 2.35. The quantitative estimate of drug-likeness (QED) is 0.644. The molecule has 17 heavy (non-hydrogen) atoms. The average Bonchev–Trinajstić information content (AvgIpc) is 2.82. The Hall–Kier alpha value is -1.51. The second-order valence-corrected chi connectivity index (χ2v) is 4.55. The molecule has 92 valence electrons. The van der Waals surface area contributed by atoms with E-state index in [0.29, 0.717) is 23.8 Å². The van der Waals surface area contributed by atoms with Crippen LogP contribution in [0.5, 0.6) is 0 Å². The third-order valence-corrected chi connectivity index (χ3v) is 3.40. The molecule has 2 N–H and O–H groups in total. The van der Waals surface area contributed by atoms with E-state index in [1.165, 1.54) is 31.2 Å². The smallest absolute Gasteiger partial charge is 0.340 e. The number of anilines is 1. The molecule has 1 aromatic carbocycles. The van der Waals surface area contributed by atoms with Crippen LogP contribution >= 0.6 is 0 Å². The van der Waals surface area contributed by atoms with Crippen molar-refractivity contribution in [1.82, 2.24) is 0 Å². The first-order valence-corrected chi connectivity index (χ1v) is 6.29. The zero-order valence-electron chi connectivity index (χ0n) is 10.2. The molecule has 2 rings (SSSR count). The van der Waals surface area contributed by atoms with Gasteiger partial charge in [-0.1, -0.05) is 18.9 Å². The van der Waals surface area contributed by atoms with E-state index < -0.39 is 0 Å². The largest absolute Gasteiger partial charge is 0.462 e. The minimum absolute atomic E-state index is 0.331. The normalized spacial score (nSPS) is 16.1. The maximum Gasteiger partial charge on any atom is 0.340 e. The van der Waals surface area contributed by atoms with Crippen molar-refractivity contribution in [1.29, 1.82) is 0 Å². The molecule has 1 aliphatic rings. The molecule has 1 aliphatic carbocycles. The molecule has 1 fully saturated rings. The summed E-state index contributed by atoms with van der Waals surface area (Å²) in [6.45, 7) is 2.17. The summed E-state index contributed by atoms with van der Waals surface area (Å²) in [5, 5.41) is 0. The van der Waals surface area contributed by atoms with Crippen LogP contribution in [0.2, 0.25) is 0 Å². The van der Waals surface area contributed by atoms with Gasteiger partial charge in [0, 0.05) is 5.69 Å². The van der Waals surface area contributed by atoms with E-state index in [2.05, 4.69) is 0 Å². The van der Waals surface area contributed by atoms with Gasteiger partial charge in [-0.3, -0.25) is 0 Å². The summed E-state index contributed by atoms with van der Waals surface area (Å²) >= 11 is 0. The minimum atomic E-state index is -0.331. The monoisotopic (exact) mass is 233 g/mol. The second kappa shape index (κ2) is 5.21. The molecule has 0 aromatic heterocycles. The lowest BCUT2D eigenvalue weighted by Crippen LogP contribution is -2.08. The van der Waals surface area contributed by atoms with Crippen molar-refractivity contribution in [3.05, 3.63) is 29.3 Å². The van der Waals surface area contributed by atoms with Gasteiger partial charge in [-0.25, -0.2) is 4.79 Å². The Kier molecular flexibility index (Phi) is 3.67. The summed E-state index contributed by atoms with van der Waals surface area (Å²) in [4.78, 5) is 11.6. The van der Waals surface area contributed by atoms with Crippen LogP contribution in [0.1, 0.15) is 54.4 Å². The van der Waals surface area contributed by atoms with Crippen molar-refractivity contribution in [2.24, 2.45) is 0 Å². The fourth-order valence-corrected chi connectivity index (χ4v) is 2.49. The van der Waals surface area contributed by atoms with Crippen LogP contribution in [0.15, 0.2) is 18.2 Å². The molecule has 0 spiro atoms. The highest BCUT2D eigenvalue weighted by molar-refractivity contribution is 5.95. The Balaban J connectivity index is 2.19. The van der Waals surface area contributed by atoms with Crippen molar-refractivity contribution in [3.8, 4) is 0 Å². The van der Waals surface area contributed by atoms with Crippen molar-refractivity contribution in [2.45, 2.75) is 38.5 Å². The van der Waals surface area contributed by atoms with Gasteiger partial charge < -0.3 is 10.5 Å². The molecule has 0 atom stereocenters. The lowest BCUT2D eigenvalue weighted by atomic mass is 9.96. The van der Waals surface area contributed by atoms with Gasteiger partial charge in [0.1, 0.15) is 0 Å². The molecule has 3 heteroatoms. The first-order valence-electron chi connectivity index (χ1n) is 6.29. The predicted octanol–water partition coefficient (Wildman–Crippen LogP) is 3.10. The van der Waals surface area contributed by atoms with Gasteiger partial charge in [0.05, 0.1) is 12.2 Å². The molecule has 0 radical (unpaired) electrons. The summed E-state index contributed by atoms with van der Waals surface area (Å²) < 4.78 is 4.96. The van der Waals surface area contributed by atoms with E-state index in [9.17, 15) is 4.79 Å². The Bertz CT molecular complexity index is 409. The van der Waals surface area contributed by atoms with Crippen molar-refractivity contribution >= 4 is 11.7 Å². The molecule has 0 saturated heterocycles. The number of hydrogen-bond donors (Lipinski definition) is 1. The number of ether oxygens (including phenoxy) is 1. The zero-order valence-corrected chi connectivity index (χ0v) is 10.2. The predicted molar refractivity (Wildman–Crippen MR) is 68.0 cm³/mol. The number of nitrogen functional groups attached to an aromatic ring is 1. The van der Waals surface area contributed by atoms with Gasteiger partial charge in [0.25, 0.3) is 0 Å². The number of esters is 1. The third-order valence-electron chi connectivity index (χ3n) is 3.40. The lowest BCUT2D eigenvalue weighted by Gasteiger charge is -2.12. The Labute approximate surface area is 102 Å². The van der Waals surface area contributed by atoms with E-state index >= 15 is 0 Å². The van der Waals surface area contributed by atoms with Crippen LogP contribution in [0.3, 0.4) is 0 Å². The summed E-state index contributed by atoms with van der Waals surface area (Å²) in [5.74, 6) is 0.288. The topological polar surface area (TPSA) is 52.3 Å². The third kappa shape index (κ3) is 2.60. The maximum atomic E-state index is 11.6. The van der Waals surface area contributed by atoms with Crippen molar-refractivity contribution < 1.29 is 9.53 Å². The van der Waals surface area contributed by atoms with E-state index in [0.717, 1.165) is 0 Å². The van der Waals surface area contributed by atoms with Gasteiger partial charge >= 0.3 is 5.97 Å². The number of benzene rings is 1. The average molecular weight is 233 g/mol. The van der Waals surface area contributed by atoms with Crippen LogP contribution in [-0.2, 0) is 4.74 Å². The minimum Gasteiger partial charge on any atom is -0.462 e. The SMILES string of the molecule is CCOC(=O)c1ccc(C2CCCC2)cc1N. The molecular formula is C14H19NO2. The summed E-state index contributed by atoms with van der Waals surface area (Å²) in [7, 11) is 0. The number of nitrogens with two attached hydrogens (primary N) is 1. The van der Waals surface area contributed by atoms with E-state index in [1.807, 2.05) is 12.1 Å². The Morgan fingerprint density at radius 3 is 2.71 bits per heavy atom. The summed E-state index contributed by atoms with van der Waals surface area (Å²) in [5.41, 5.74) is 8.19. The van der Waals surface area contributed by atoms with Crippen LogP contribution < -0.4 is 5.73 Å². The fourth-order valence-electron chi connectivity index (χ4n) is 2.49. The van der Waals surface area contributed by atoms with Crippen molar-refractivity contribution in [2.75, 3.05) is 12.3 Å². The molecule has 0 unspecified atom stereocenters. The van der Waals surface area contributed by atoms with Crippen LogP contribution in [0.4, 0.5) is 5.69 Å². The Morgan fingerprint density at radius 1 is 1.41 bits per heavy atom. The molecule has 3 nitrogen and oxygen atoms in total. The molecule has 0 aliphatic heterocycles. The second-order valence-electron chi connectivity index (χ2n) is 4.55. The summed E-state index contributed by atoms with van der Waals surface area (Å²) in [6, 6.07) is 5.74. The molecule has 1 saturated carbocycles. The van der Waals surface area contributed by atoms with Crippen LogP contribution in [-0.4, -0.2) is 12.6 Å². The van der Waals surface area contributed by atoms with E-state index in [1.54, 1.807) is 13.0 Å². The van der Waals surface area contributed by atoms with E-state index in [-0.39, 0.29) is 5.97 Å². The highest BCUT2D eigenvalue weighted by Gasteiger charge is 2.19. The number of carbonyl (C=O) groups is 1. The van der Waals surface area contributed by atoms with E-state index in [4.69, 9.17) is 10.5 Å². The molecular weight excluding hydrogens is 214 g/mol. The van der Waals surface area contributed by atoms with Crippen molar-refractivity contribution in [3.63, 3.8) is 0 Å². The molecule has 0 heterocycles.